The molecule has 0 spiro atoms. The van der Waals surface area contributed by atoms with Crippen LogP contribution < -0.4 is 16.4 Å². The summed E-state index contributed by atoms with van der Waals surface area (Å²) in [7, 11) is 0. The number of carbonyl (C=O) groups excluding carboxylic acids is 2. The molecule has 128 valence electrons. The van der Waals surface area contributed by atoms with Crippen LogP contribution >= 0.6 is 12.4 Å². The average Bonchev–Trinajstić information content (AvgIpc) is 2.80. The molecule has 0 radical (unpaired) electrons. The Morgan fingerprint density at radius 3 is 2.50 bits per heavy atom. The van der Waals surface area contributed by atoms with Crippen molar-refractivity contribution in [1.29, 1.82) is 0 Å². The third-order valence-electron chi connectivity index (χ3n) is 4.66. The van der Waals surface area contributed by atoms with E-state index in [0.29, 0.717) is 18.5 Å². The Bertz CT molecular complexity index is 375. The predicted octanol–water partition coefficient (Wildman–Crippen LogP) is 1.24. The van der Waals surface area contributed by atoms with Gasteiger partial charge in [-0.15, -0.1) is 12.4 Å². The van der Waals surface area contributed by atoms with Gasteiger partial charge in [0, 0.05) is 18.6 Å². The Labute approximate surface area is 139 Å². The first-order chi connectivity index (χ1) is 10.1. The van der Waals surface area contributed by atoms with E-state index in [1.807, 2.05) is 0 Å². The number of nitrogens with one attached hydrogen (secondary N) is 2. The van der Waals surface area contributed by atoms with Crippen LogP contribution in [-0.2, 0) is 4.79 Å². The monoisotopic (exact) mass is 332 g/mol. The second-order valence-corrected chi connectivity index (χ2v) is 6.47. The molecule has 1 heterocycles. The molecule has 6 nitrogen and oxygen atoms in total. The molecule has 2 aliphatic rings. The van der Waals surface area contributed by atoms with E-state index in [4.69, 9.17) is 5.73 Å². The molecule has 22 heavy (non-hydrogen) atoms. The number of likely N-dealkylation sites (tertiary alicyclic amines) is 1. The lowest BCUT2D eigenvalue weighted by molar-refractivity contribution is -0.121. The van der Waals surface area contributed by atoms with Crippen LogP contribution in [0.4, 0.5) is 4.79 Å². The molecule has 0 aromatic carbocycles. The van der Waals surface area contributed by atoms with E-state index < -0.39 is 0 Å². The van der Waals surface area contributed by atoms with Gasteiger partial charge in [-0.2, -0.15) is 0 Å². The largest absolute Gasteiger partial charge is 0.335 e. The van der Waals surface area contributed by atoms with Crippen molar-refractivity contribution >= 4 is 24.3 Å². The topological polar surface area (TPSA) is 87.5 Å². The fourth-order valence-electron chi connectivity index (χ4n) is 3.43. The first kappa shape index (κ1) is 19.2. The summed E-state index contributed by atoms with van der Waals surface area (Å²) in [4.78, 5) is 25.9. The maximum Gasteiger partial charge on any atom is 0.321 e. The van der Waals surface area contributed by atoms with Crippen LogP contribution in [0.2, 0.25) is 0 Å². The van der Waals surface area contributed by atoms with Gasteiger partial charge < -0.3 is 11.1 Å². The number of imide groups is 1. The van der Waals surface area contributed by atoms with E-state index in [9.17, 15) is 9.59 Å². The molecule has 0 aromatic rings. The zero-order valence-corrected chi connectivity index (χ0v) is 14.2. The van der Waals surface area contributed by atoms with Gasteiger partial charge in [0.15, 0.2) is 0 Å². The standard InChI is InChI=1S/C15H28N4O2.ClH/c1-11-7-12(8-16)9-19(11)10-14(20)18-15(21)17-13-5-3-2-4-6-13;/h11-13H,2-10,16H2,1H3,(H2,17,18,20,21);1H. The van der Waals surface area contributed by atoms with Gasteiger partial charge in [-0.3, -0.25) is 15.0 Å². The number of nitrogens with two attached hydrogens (primary N) is 1. The van der Waals surface area contributed by atoms with Crippen molar-refractivity contribution in [2.75, 3.05) is 19.6 Å². The molecule has 0 bridgehead atoms. The van der Waals surface area contributed by atoms with Crippen LogP contribution in [0.15, 0.2) is 0 Å². The Balaban J connectivity index is 0.00000242. The van der Waals surface area contributed by atoms with Gasteiger partial charge in [-0.1, -0.05) is 19.3 Å². The highest BCUT2D eigenvalue weighted by Gasteiger charge is 2.29. The van der Waals surface area contributed by atoms with Gasteiger partial charge in [0.1, 0.15) is 0 Å². The average molecular weight is 333 g/mol. The molecule has 3 amide bonds. The van der Waals surface area contributed by atoms with Crippen LogP contribution in [0, 0.1) is 5.92 Å². The van der Waals surface area contributed by atoms with Crippen LogP contribution in [0.5, 0.6) is 0 Å². The van der Waals surface area contributed by atoms with Crippen LogP contribution in [0.1, 0.15) is 45.4 Å². The molecule has 0 aromatic heterocycles. The summed E-state index contributed by atoms with van der Waals surface area (Å²) in [5.41, 5.74) is 5.68. The van der Waals surface area contributed by atoms with Crippen molar-refractivity contribution in [3.8, 4) is 0 Å². The number of rotatable bonds is 4. The molecule has 2 atom stereocenters. The van der Waals surface area contributed by atoms with E-state index >= 15 is 0 Å². The second-order valence-electron chi connectivity index (χ2n) is 6.47. The number of amides is 3. The fraction of sp³-hybridized carbons (Fsp3) is 0.867. The highest BCUT2D eigenvalue weighted by molar-refractivity contribution is 5.95. The first-order valence-corrected chi connectivity index (χ1v) is 8.13. The molecule has 1 saturated heterocycles. The third-order valence-corrected chi connectivity index (χ3v) is 4.66. The summed E-state index contributed by atoms with van der Waals surface area (Å²) in [5, 5.41) is 5.34. The Morgan fingerprint density at radius 2 is 1.91 bits per heavy atom. The van der Waals surface area contributed by atoms with Crippen molar-refractivity contribution in [2.45, 2.75) is 57.5 Å². The third kappa shape index (κ3) is 5.74. The number of nitrogens with zero attached hydrogens (tertiary/aromatic N) is 1. The van der Waals surface area contributed by atoms with Crippen molar-refractivity contribution < 1.29 is 9.59 Å². The van der Waals surface area contributed by atoms with Crippen molar-refractivity contribution in [2.24, 2.45) is 11.7 Å². The summed E-state index contributed by atoms with van der Waals surface area (Å²) >= 11 is 0. The van der Waals surface area contributed by atoms with Gasteiger partial charge in [0.05, 0.1) is 6.54 Å². The van der Waals surface area contributed by atoms with Crippen molar-refractivity contribution in [3.63, 3.8) is 0 Å². The first-order valence-electron chi connectivity index (χ1n) is 8.13. The minimum atomic E-state index is -0.353. The molecule has 2 unspecified atom stereocenters. The molecule has 2 rings (SSSR count). The highest BCUT2D eigenvalue weighted by atomic mass is 35.5. The molecular weight excluding hydrogens is 304 g/mol. The van der Waals surface area contributed by atoms with Crippen LogP contribution in [0.25, 0.3) is 0 Å². The summed E-state index contributed by atoms with van der Waals surface area (Å²) in [6.07, 6.45) is 6.62. The number of hydrogen-bond donors (Lipinski definition) is 3. The number of carbonyl (C=O) groups is 2. The Morgan fingerprint density at radius 1 is 1.23 bits per heavy atom. The van der Waals surface area contributed by atoms with E-state index in [1.165, 1.54) is 6.42 Å². The molecule has 2 fully saturated rings. The van der Waals surface area contributed by atoms with E-state index in [2.05, 4.69) is 22.5 Å². The quantitative estimate of drug-likeness (QED) is 0.722. The van der Waals surface area contributed by atoms with Gasteiger partial charge >= 0.3 is 6.03 Å². The van der Waals surface area contributed by atoms with Gasteiger partial charge in [0.25, 0.3) is 0 Å². The zero-order chi connectivity index (χ0) is 15.2. The second kappa shape index (κ2) is 9.33. The number of hydrogen-bond acceptors (Lipinski definition) is 4. The summed E-state index contributed by atoms with van der Waals surface area (Å²) in [5.74, 6) is 0.233. The molecule has 1 aliphatic heterocycles. The Kier molecular flexibility index (Phi) is 8.14. The number of halogens is 1. The SMILES string of the molecule is CC1CC(CN)CN1CC(=O)NC(=O)NC1CCCCC1.Cl. The minimum Gasteiger partial charge on any atom is -0.335 e. The smallest absolute Gasteiger partial charge is 0.321 e. The van der Waals surface area contributed by atoms with E-state index in [-0.39, 0.29) is 36.9 Å². The highest BCUT2D eigenvalue weighted by Crippen LogP contribution is 2.21. The molecule has 1 aliphatic carbocycles. The lowest BCUT2D eigenvalue weighted by Crippen LogP contribution is -2.48. The van der Waals surface area contributed by atoms with Crippen molar-refractivity contribution in [1.82, 2.24) is 15.5 Å². The van der Waals surface area contributed by atoms with Crippen LogP contribution in [-0.4, -0.2) is 48.6 Å². The predicted molar refractivity (Wildman–Crippen MR) is 89.0 cm³/mol. The molecular formula is C15H29ClN4O2. The molecule has 7 heteroatoms. The zero-order valence-electron chi connectivity index (χ0n) is 13.3. The van der Waals surface area contributed by atoms with Gasteiger partial charge in [0.2, 0.25) is 5.91 Å². The normalized spacial score (nSPS) is 26.3. The maximum absolute atomic E-state index is 11.9. The van der Waals surface area contributed by atoms with Crippen molar-refractivity contribution in [3.05, 3.63) is 0 Å². The summed E-state index contributed by atoms with van der Waals surface area (Å²) < 4.78 is 0. The molecule has 1 saturated carbocycles. The Hall–Kier alpha value is -0.850. The lowest BCUT2D eigenvalue weighted by atomic mass is 9.96. The van der Waals surface area contributed by atoms with E-state index in [1.54, 1.807) is 0 Å². The van der Waals surface area contributed by atoms with Crippen LogP contribution in [0.3, 0.4) is 0 Å². The van der Waals surface area contributed by atoms with Gasteiger partial charge in [-0.05, 0) is 38.6 Å². The number of urea groups is 1. The maximum atomic E-state index is 11.9. The minimum absolute atomic E-state index is 0. The fourth-order valence-corrected chi connectivity index (χ4v) is 3.43. The van der Waals surface area contributed by atoms with E-state index in [0.717, 1.165) is 38.6 Å². The summed E-state index contributed by atoms with van der Waals surface area (Å²) in [6.45, 7) is 3.88. The lowest BCUT2D eigenvalue weighted by Gasteiger charge is -2.23. The summed E-state index contributed by atoms with van der Waals surface area (Å²) in [6, 6.07) is 0.221. The van der Waals surface area contributed by atoms with Gasteiger partial charge in [-0.25, -0.2) is 4.79 Å². The molecule has 4 N–H and O–H groups in total.